The van der Waals surface area contributed by atoms with Crippen LogP contribution < -0.4 is 78.3 Å². The molecule has 3 saturated heterocycles. The lowest BCUT2D eigenvalue weighted by Gasteiger charge is -2.48. The third kappa shape index (κ3) is 21.7. The number of phenolic OH excluding ortho intramolecular Hbond substituents is 3. The summed E-state index contributed by atoms with van der Waals surface area (Å²) in [7, 11) is 1.48. The van der Waals surface area contributed by atoms with Crippen molar-refractivity contribution in [2.24, 2.45) is 17.4 Å². The maximum absolute atomic E-state index is 16.7. The topological polar surface area (TPSA) is 562 Å². The van der Waals surface area contributed by atoms with Gasteiger partial charge in [0.1, 0.15) is 107 Å². The van der Waals surface area contributed by atoms with Gasteiger partial charge in [0, 0.05) is 53.2 Å². The van der Waals surface area contributed by atoms with Gasteiger partial charge in [0.05, 0.1) is 53.5 Å². The first kappa shape index (κ1) is 95.5. The number of hydrogen-bond acceptors (Lipinski definition) is 29. The van der Waals surface area contributed by atoms with E-state index in [1.165, 1.54) is 51.2 Å². The van der Waals surface area contributed by atoms with Gasteiger partial charge < -0.3 is 148 Å². The molecule has 37 nitrogen and oxygen atoms in total. The van der Waals surface area contributed by atoms with Gasteiger partial charge in [-0.3, -0.25) is 38.4 Å². The van der Waals surface area contributed by atoms with Crippen molar-refractivity contribution >= 4 is 70.5 Å². The molecule has 0 aromatic heterocycles. The van der Waals surface area contributed by atoms with Gasteiger partial charge in [0.15, 0.2) is 30.2 Å². The van der Waals surface area contributed by atoms with Gasteiger partial charge >= 0.3 is 0 Å². The van der Waals surface area contributed by atoms with Crippen molar-refractivity contribution in [1.29, 1.82) is 0 Å². The normalized spacial score (nSPS) is 29.3. The molecule has 129 heavy (non-hydrogen) atoms. The number of phenols is 3. The Kier molecular flexibility index (Phi) is 29.1. The molecule has 7 aromatic carbocycles. The maximum Gasteiger partial charge on any atom is 0.248 e. The molecule has 39 heteroatoms. The van der Waals surface area contributed by atoms with Gasteiger partial charge in [0.2, 0.25) is 59.3 Å². The quantitative estimate of drug-likeness (QED) is 0.0487. The lowest BCUT2D eigenvalue weighted by atomic mass is 9.84. The van der Waals surface area contributed by atoms with Crippen LogP contribution in [0.5, 0.6) is 57.5 Å². The Morgan fingerprint density at radius 2 is 1.25 bits per heavy atom. The fourth-order valence-electron chi connectivity index (χ4n) is 16.5. The number of amides is 8. The first-order valence-corrected chi connectivity index (χ1v) is 42.7. The molecule has 8 heterocycles. The summed E-state index contributed by atoms with van der Waals surface area (Å²) in [6.45, 7) is 14.0. The molecule has 0 spiro atoms. The first-order valence-electron chi connectivity index (χ1n) is 41.9. The summed E-state index contributed by atoms with van der Waals surface area (Å²) in [6, 6.07) is 17.0. The molecule has 0 saturated carbocycles. The van der Waals surface area contributed by atoms with E-state index in [0.717, 1.165) is 54.1 Å². The number of aromatic hydroxyl groups is 3. The van der Waals surface area contributed by atoms with Gasteiger partial charge in [-0.2, -0.15) is 0 Å². The molecule has 692 valence electrons. The van der Waals surface area contributed by atoms with Gasteiger partial charge in [-0.15, -0.1) is 0 Å². The molecule has 8 aliphatic rings. The predicted molar refractivity (Wildman–Crippen MR) is 462 cm³/mol. The molecule has 8 aliphatic heterocycles. The van der Waals surface area contributed by atoms with Crippen molar-refractivity contribution in [2.45, 2.75) is 233 Å². The molecule has 15 rings (SSSR count). The van der Waals surface area contributed by atoms with E-state index in [2.05, 4.69) is 47.9 Å². The number of carbonyl (C=O) groups is 8. The number of rotatable bonds is 20. The standard InChI is InChI=1S/C90H107Cl2N11O26/c1-39(2)26-54(95-10)80(114)101-70-72(109)44-19-24-58(52(91)28-44)124-60-30-46-31-61(76(60)129-87-77(74(111)73(110)62(38-104)126-87)128-65-36-90(9,79(113)41(4)122-65)96-37-42-16-21-49(22-17-42)123-48-14-12-11-13-15-48)125-59-25-20-45(29-53(59)92)75(127-64-35-89(8,94)78(112)40(3)121-64)71-85(119)100-69(86(120)103-88(5,6)7)51-32-47(105)33-57(107)66(51)50-27-43(18-23-56(50)106)67(82(116)102-71)99-83(117)68(46)98-81(115)55(34-63(93)108)97-84(70)118/h11-25,27-33,39-41,54-55,62,64-65,67-75,77-79,87,95-96,104-107,109-113H,26,34-38,94H2,1-10H3,(H2,93,108)(H,97,118)(H,98,115)(H,99,117)(H,100,119)(H,101,114)(H,102,116)(H,103,120)/t40-,41-,54+,55-,62+,64-,65-,67+,68+,69-,70+,71-,72+,73+,74-,75+,77+,78-,79-,87-,89-,90-/m0/s1. The number of para-hydroxylation sites is 1. The number of hydrogen-bond donors (Lipinski definition) is 20. The van der Waals surface area contributed by atoms with Crippen LogP contribution in [0.4, 0.5) is 0 Å². The number of carbonyl (C=O) groups excluding carboxylic acids is 8. The summed E-state index contributed by atoms with van der Waals surface area (Å²) in [6.07, 6.45) is -22.8. The SMILES string of the molecule is CN[C@H](CC(C)C)C(=O)N[C@H]1C(=O)N[C@@H](CC(N)=O)C(=O)N[C@H]2C(=O)N[C@H]3C(=O)N[C@H](C(=O)N[C@H](C(=O)NC(C)(C)C)c4cc(O)cc(O)c4-c4cc3ccc4O)[C@H](O[C@H]3C[C@](C)(N)[C@@H](O)[C@H](C)O3)c3ccc(c(Cl)c3)Oc3cc2cc(c3O[C@@H]2O[C@H](CO)[C@@H](O)[C@H](O)[C@H]2O[C@H]2C[C@](C)(NCc3ccc(Oc4ccccc4)cc3)[C@@H](O)[C@H](C)O2)Oc2ccc(cc2Cl)[C@H]1O. The van der Waals surface area contributed by atoms with Crippen LogP contribution in [0.15, 0.2) is 133 Å². The van der Waals surface area contributed by atoms with Crippen LogP contribution in [-0.4, -0.2) is 215 Å². The maximum atomic E-state index is 16.7. The van der Waals surface area contributed by atoms with E-state index in [0.29, 0.717) is 11.5 Å². The number of fused-ring (bicyclic) bond motifs is 15. The number of nitrogens with one attached hydrogen (secondary N) is 9. The highest BCUT2D eigenvalue weighted by Gasteiger charge is 2.53. The fourth-order valence-corrected chi connectivity index (χ4v) is 16.9. The Morgan fingerprint density at radius 3 is 1.87 bits per heavy atom. The van der Waals surface area contributed by atoms with Crippen molar-refractivity contribution in [3.05, 3.63) is 177 Å². The van der Waals surface area contributed by atoms with Gasteiger partial charge in [-0.05, 0) is 180 Å². The molecule has 3 fully saturated rings. The largest absolute Gasteiger partial charge is 0.508 e. The summed E-state index contributed by atoms with van der Waals surface area (Å²) in [5.74, 6) is -13.5. The summed E-state index contributed by atoms with van der Waals surface area (Å²) in [5, 5.41) is 131. The van der Waals surface area contributed by atoms with E-state index in [-0.39, 0.29) is 70.5 Å². The molecule has 22 N–H and O–H groups in total. The zero-order valence-corrected chi connectivity index (χ0v) is 73.5. The Hall–Kier alpha value is -11.1. The zero-order valence-electron chi connectivity index (χ0n) is 71.9. The lowest BCUT2D eigenvalue weighted by molar-refractivity contribution is -0.334. The Bertz CT molecular complexity index is 5350. The second-order valence-electron chi connectivity index (χ2n) is 35.0. The molecule has 0 aliphatic carbocycles. The minimum atomic E-state index is -2.38. The number of halogens is 2. The predicted octanol–water partition coefficient (Wildman–Crippen LogP) is 4.80. The van der Waals surface area contributed by atoms with E-state index >= 15 is 28.8 Å². The summed E-state index contributed by atoms with van der Waals surface area (Å²) >= 11 is 14.8. The third-order valence-electron chi connectivity index (χ3n) is 23.2. The van der Waals surface area contributed by atoms with E-state index < -0.39 is 255 Å². The summed E-state index contributed by atoms with van der Waals surface area (Å²) < 4.78 is 59.3. The van der Waals surface area contributed by atoms with E-state index in [9.17, 15) is 55.5 Å². The van der Waals surface area contributed by atoms with E-state index in [1.54, 1.807) is 46.8 Å². The smallest absolute Gasteiger partial charge is 0.248 e. The number of likely N-dealkylation sites (N-methyl/N-ethyl adjacent to an activating group) is 1. The highest BCUT2D eigenvalue weighted by molar-refractivity contribution is 6.32. The van der Waals surface area contributed by atoms with Gasteiger partial charge in [-0.1, -0.05) is 85.6 Å². The average Bonchev–Trinajstić information content (AvgIpc) is 0.762. The monoisotopic (exact) mass is 1830 g/mol. The Balaban J connectivity index is 1.02. The number of aliphatic hydroxyl groups is 6. The van der Waals surface area contributed by atoms with Gasteiger partial charge in [0.25, 0.3) is 0 Å². The molecule has 0 unspecified atom stereocenters. The minimum absolute atomic E-state index is 0.112. The summed E-state index contributed by atoms with van der Waals surface area (Å²) in [5.41, 5.74) is 7.32. The fraction of sp³-hybridized carbons (Fsp3) is 0.444. The van der Waals surface area contributed by atoms with Crippen LogP contribution in [0.3, 0.4) is 0 Å². The molecular formula is C90H107Cl2N11O26. The van der Waals surface area contributed by atoms with Crippen molar-refractivity contribution in [3.63, 3.8) is 0 Å². The van der Waals surface area contributed by atoms with Crippen molar-refractivity contribution in [3.8, 4) is 68.6 Å². The minimum Gasteiger partial charge on any atom is -0.508 e. The van der Waals surface area contributed by atoms with Crippen molar-refractivity contribution in [2.75, 3.05) is 13.7 Å². The lowest BCUT2D eigenvalue weighted by Crippen LogP contribution is -2.65. The number of aliphatic hydroxyl groups excluding tert-OH is 6. The molecule has 8 amide bonds. The second-order valence-corrected chi connectivity index (χ2v) is 35.8. The Morgan fingerprint density at radius 1 is 0.643 bits per heavy atom. The van der Waals surface area contributed by atoms with Crippen LogP contribution in [-0.2, 0) is 68.6 Å². The molecule has 0 radical (unpaired) electrons. The van der Waals surface area contributed by atoms with Crippen molar-refractivity contribution in [1.82, 2.24) is 47.9 Å². The highest BCUT2D eigenvalue weighted by atomic mass is 35.5. The van der Waals surface area contributed by atoms with Crippen molar-refractivity contribution < 1.29 is 127 Å². The van der Waals surface area contributed by atoms with Crippen LogP contribution in [0, 0.1) is 5.92 Å². The van der Waals surface area contributed by atoms with Crippen LogP contribution >= 0.6 is 23.2 Å². The molecular weight excluding hydrogens is 1720 g/mol. The van der Waals surface area contributed by atoms with Crippen LogP contribution in [0.2, 0.25) is 10.0 Å². The number of nitrogens with two attached hydrogens (primary N) is 2. The molecule has 11 bridgehead atoms. The number of primary amides is 1. The number of benzene rings is 7. The first-order chi connectivity index (χ1) is 61.0. The van der Waals surface area contributed by atoms with Crippen LogP contribution in [0.25, 0.3) is 11.1 Å². The Labute approximate surface area is 751 Å². The summed E-state index contributed by atoms with van der Waals surface area (Å²) in [4.78, 5) is 123. The molecule has 22 atom stereocenters. The van der Waals surface area contributed by atoms with E-state index in [4.69, 9.17) is 77.3 Å². The molecule has 7 aromatic rings. The number of ether oxygens (including phenoxy) is 9. The average molecular weight is 1830 g/mol. The zero-order chi connectivity index (χ0) is 93.3. The van der Waals surface area contributed by atoms with Gasteiger partial charge in [-0.25, -0.2) is 0 Å². The second kappa shape index (κ2) is 39.3. The third-order valence-corrected chi connectivity index (χ3v) is 23.8. The highest BCUT2D eigenvalue weighted by Crippen LogP contribution is 2.51. The van der Waals surface area contributed by atoms with Crippen LogP contribution in [0.1, 0.15) is 152 Å². The van der Waals surface area contributed by atoms with E-state index in [1.807, 2.05) is 56.3 Å².